The molecular formula is C44H49N3O11. The molecular weight excluding hydrogens is 746 g/mol. The van der Waals surface area contributed by atoms with Gasteiger partial charge in [0.1, 0.15) is 34.8 Å². The molecule has 3 aliphatic rings. The number of ether oxygens (including phenoxy) is 4. The number of fused-ring (bicyclic) bond motifs is 4. The molecule has 0 saturated heterocycles. The summed E-state index contributed by atoms with van der Waals surface area (Å²) < 4.78 is 23.7. The highest BCUT2D eigenvalue weighted by atomic mass is 16.7. The number of H-pyrrole nitrogens is 1. The molecule has 14 nitrogen and oxygen atoms in total. The number of nitrogens with one attached hydrogen (secondary N) is 1. The summed E-state index contributed by atoms with van der Waals surface area (Å²) in [5.41, 5.74) is 0.382. The molecule has 306 valence electrons. The van der Waals surface area contributed by atoms with Crippen LogP contribution in [0.1, 0.15) is 80.4 Å². The molecule has 2 aromatic carbocycles. The number of phenols is 1. The molecule has 6 rings (SSSR count). The molecule has 3 heterocycles. The number of nitrogens with zero attached hydrogens (tertiary/aromatic N) is 2. The molecule has 3 aromatic rings. The van der Waals surface area contributed by atoms with E-state index in [9.17, 15) is 34.5 Å². The first kappa shape index (κ1) is 41.9. The summed E-state index contributed by atoms with van der Waals surface area (Å²) in [6.45, 7) is 12.6. The lowest BCUT2D eigenvalue weighted by Gasteiger charge is -2.38. The van der Waals surface area contributed by atoms with E-state index in [1.54, 1.807) is 64.1 Å². The van der Waals surface area contributed by atoms with Crippen LogP contribution in [0.5, 0.6) is 11.5 Å². The van der Waals surface area contributed by atoms with Crippen LogP contribution in [-0.4, -0.2) is 91.8 Å². The SMILES string of the molecule is CO[C@H]1/C=C/O[C@@]2(C)Oc3c(C)c(O)c4c(c3C2=O)-c2nc(-c3ccccc3)[nH]c2C(=NC(=O)/C(C)=C\C=C\[C@@H](C)[C@H](O)[C@@H](C)[C@H](O)[C@H](C)[C@@H](OC(C)=O)[C@@H]1C)C4=O. The van der Waals surface area contributed by atoms with Crippen LogP contribution in [0, 0.1) is 30.6 Å². The van der Waals surface area contributed by atoms with E-state index in [0.29, 0.717) is 11.4 Å². The molecule has 0 unspecified atom stereocenters. The smallest absolute Gasteiger partial charge is 0.312 e. The predicted molar refractivity (Wildman–Crippen MR) is 213 cm³/mol. The number of allylic oxidation sites excluding steroid dienone is 2. The Balaban J connectivity index is 1.54. The minimum Gasteiger partial charge on any atom is -0.507 e. The van der Waals surface area contributed by atoms with Gasteiger partial charge in [-0.25, -0.2) is 9.98 Å². The minimum atomic E-state index is -2.00. The van der Waals surface area contributed by atoms with Crippen molar-refractivity contribution < 1.29 is 53.4 Å². The van der Waals surface area contributed by atoms with Crippen LogP contribution in [0.15, 0.2) is 71.5 Å². The standard InChI is InChI=1S/C44H49N3O11/c1-20-14-13-15-21(2)43(54)47-34-33-32(45-42(46-33)27-16-11-10-12-17-27)29-30(38(34)52)37(51)25(6)40-31(29)41(53)44(8,58-40)56-19-18-28(55-9)22(3)39(57-26(7)48)24(5)36(50)23(4)35(20)49/h10-20,22-24,28,35-36,39,49-51H,1-9H3,(H,45,46)/b14-13+,19-18+,21-15-,47-34?/t20-,22-,23-,24+,28+,35+,36+,39+,44+/m1/s1. The van der Waals surface area contributed by atoms with Crippen molar-refractivity contribution in [3.63, 3.8) is 0 Å². The van der Waals surface area contributed by atoms with Gasteiger partial charge in [-0.15, -0.1) is 0 Å². The summed E-state index contributed by atoms with van der Waals surface area (Å²) in [5, 5.41) is 34.5. The molecule has 1 amide bonds. The monoisotopic (exact) mass is 795 g/mol. The number of methoxy groups -OCH3 is 1. The number of hydrogen-bond acceptors (Lipinski definition) is 12. The van der Waals surface area contributed by atoms with E-state index in [-0.39, 0.29) is 50.7 Å². The van der Waals surface area contributed by atoms with E-state index >= 15 is 0 Å². The maximum Gasteiger partial charge on any atom is 0.312 e. The van der Waals surface area contributed by atoms with E-state index in [2.05, 4.69) is 9.98 Å². The second-order valence-corrected chi connectivity index (χ2v) is 15.4. The second kappa shape index (κ2) is 16.3. The number of aliphatic imine (C=N–C) groups is 1. The van der Waals surface area contributed by atoms with Crippen LogP contribution >= 0.6 is 0 Å². The van der Waals surface area contributed by atoms with Crippen LogP contribution in [0.3, 0.4) is 0 Å². The van der Waals surface area contributed by atoms with Gasteiger partial charge in [0.05, 0.1) is 41.4 Å². The van der Waals surface area contributed by atoms with Gasteiger partial charge in [-0.2, -0.15) is 0 Å². The third kappa shape index (κ3) is 7.43. The van der Waals surface area contributed by atoms with Gasteiger partial charge in [0.25, 0.3) is 11.7 Å². The van der Waals surface area contributed by atoms with Crippen molar-refractivity contribution in [2.75, 3.05) is 7.11 Å². The van der Waals surface area contributed by atoms with Crippen molar-refractivity contribution >= 4 is 29.2 Å². The molecule has 0 radical (unpaired) electrons. The van der Waals surface area contributed by atoms with Crippen LogP contribution in [0.25, 0.3) is 22.6 Å². The molecule has 58 heavy (non-hydrogen) atoms. The maximum atomic E-state index is 14.5. The quantitative estimate of drug-likeness (QED) is 0.232. The van der Waals surface area contributed by atoms with Crippen molar-refractivity contribution in [2.45, 2.75) is 85.6 Å². The van der Waals surface area contributed by atoms with Crippen LogP contribution < -0.4 is 4.74 Å². The Morgan fingerprint density at radius 2 is 1.62 bits per heavy atom. The third-order valence-corrected chi connectivity index (χ3v) is 11.4. The fraction of sp³-hybridized carbons (Fsp3) is 0.409. The zero-order chi connectivity index (χ0) is 42.4. The number of rotatable bonds is 3. The number of esters is 1. The number of carbonyl (C=O) groups excluding carboxylic acids is 4. The minimum absolute atomic E-state index is 0.00387. The average Bonchev–Trinajstić information content (AvgIpc) is 3.76. The number of amides is 1. The second-order valence-electron chi connectivity index (χ2n) is 15.4. The highest BCUT2D eigenvalue weighted by Crippen LogP contribution is 2.52. The number of aromatic nitrogens is 2. The van der Waals surface area contributed by atoms with Gasteiger partial charge in [0, 0.05) is 66.9 Å². The van der Waals surface area contributed by atoms with E-state index in [1.165, 1.54) is 53.2 Å². The van der Waals surface area contributed by atoms with Crippen LogP contribution in [0.4, 0.5) is 0 Å². The summed E-state index contributed by atoms with van der Waals surface area (Å²) in [4.78, 5) is 67.2. The molecule has 1 aliphatic carbocycles. The molecule has 4 N–H and O–H groups in total. The molecule has 14 heteroatoms. The average molecular weight is 796 g/mol. The largest absolute Gasteiger partial charge is 0.507 e. The Bertz CT molecular complexity index is 2270. The summed E-state index contributed by atoms with van der Waals surface area (Å²) in [6.07, 6.45) is 3.65. The summed E-state index contributed by atoms with van der Waals surface area (Å²) in [6, 6.07) is 9.01. The molecule has 0 spiro atoms. The topological polar surface area (TPSA) is 207 Å². The number of hydrogen-bond donors (Lipinski definition) is 4. The number of aliphatic hydroxyl groups is 2. The zero-order valence-corrected chi connectivity index (χ0v) is 33.9. The summed E-state index contributed by atoms with van der Waals surface area (Å²) in [7, 11) is 1.45. The van der Waals surface area contributed by atoms with Crippen molar-refractivity contribution in [2.24, 2.45) is 28.7 Å². The van der Waals surface area contributed by atoms with Crippen molar-refractivity contribution in [3.05, 3.63) is 88.9 Å². The van der Waals surface area contributed by atoms with Gasteiger partial charge in [-0.1, -0.05) is 76.3 Å². The first-order valence-electron chi connectivity index (χ1n) is 19.1. The Morgan fingerprint density at radius 1 is 0.931 bits per heavy atom. The summed E-state index contributed by atoms with van der Waals surface area (Å²) in [5.74, 6) is -7.47. The highest BCUT2D eigenvalue weighted by molar-refractivity contribution is 6.56. The number of ketones is 2. The summed E-state index contributed by atoms with van der Waals surface area (Å²) >= 11 is 0. The van der Waals surface area contributed by atoms with Crippen molar-refractivity contribution in [3.8, 4) is 34.1 Å². The Labute approximate surface area is 336 Å². The number of aromatic amines is 1. The Morgan fingerprint density at radius 3 is 2.28 bits per heavy atom. The van der Waals surface area contributed by atoms with Gasteiger partial charge in [0.2, 0.25) is 5.78 Å². The number of phenolic OH excluding ortho intramolecular Hbond substituents is 1. The molecule has 5 bridgehead atoms. The van der Waals surface area contributed by atoms with Crippen molar-refractivity contribution in [1.29, 1.82) is 0 Å². The highest BCUT2D eigenvalue weighted by Gasteiger charge is 2.52. The molecule has 1 aromatic heterocycles. The Hall–Kier alpha value is -5.70. The number of Topliss-reactive ketones (excluding diaryl/α,β-unsaturated/α-hetero) is 2. The molecule has 0 saturated carbocycles. The maximum absolute atomic E-state index is 14.5. The van der Waals surface area contributed by atoms with E-state index in [4.69, 9.17) is 23.9 Å². The van der Waals surface area contributed by atoms with Crippen LogP contribution in [-0.2, 0) is 23.8 Å². The number of carbonyl (C=O) groups is 4. The first-order valence-corrected chi connectivity index (χ1v) is 19.1. The molecule has 9 atom stereocenters. The number of aliphatic hydroxyl groups excluding tert-OH is 2. The van der Waals surface area contributed by atoms with Crippen LogP contribution in [0.2, 0.25) is 0 Å². The van der Waals surface area contributed by atoms with Crippen molar-refractivity contribution in [1.82, 2.24) is 9.97 Å². The van der Waals surface area contributed by atoms with E-state index in [0.717, 1.165) is 0 Å². The lowest BCUT2D eigenvalue weighted by molar-refractivity contribution is -0.160. The van der Waals surface area contributed by atoms with Gasteiger partial charge in [-0.3, -0.25) is 19.2 Å². The number of benzene rings is 2. The zero-order valence-electron chi connectivity index (χ0n) is 33.9. The van der Waals surface area contributed by atoms with Gasteiger partial charge in [0.15, 0.2) is 0 Å². The normalized spacial score (nSPS) is 31.0. The number of imidazole rings is 1. The van der Waals surface area contributed by atoms with Gasteiger partial charge < -0.3 is 39.3 Å². The van der Waals surface area contributed by atoms with E-state index < -0.39 is 83.1 Å². The third-order valence-electron chi connectivity index (χ3n) is 11.4. The lowest BCUT2D eigenvalue weighted by atomic mass is 9.78. The lowest BCUT2D eigenvalue weighted by Crippen LogP contribution is -2.46. The van der Waals surface area contributed by atoms with Gasteiger partial charge >= 0.3 is 11.8 Å². The first-order chi connectivity index (χ1) is 27.4. The number of aromatic hydroxyl groups is 1. The molecule has 0 fully saturated rings. The Kier molecular flexibility index (Phi) is 11.8. The molecule has 2 aliphatic heterocycles. The van der Waals surface area contributed by atoms with E-state index in [1.807, 2.05) is 6.07 Å². The predicted octanol–water partition coefficient (Wildman–Crippen LogP) is 5.82. The fourth-order valence-corrected chi connectivity index (χ4v) is 7.88. The van der Waals surface area contributed by atoms with Gasteiger partial charge in [-0.05, 0) is 19.9 Å². The fourth-order valence-electron chi connectivity index (χ4n) is 7.88.